The summed E-state index contributed by atoms with van der Waals surface area (Å²) in [6.07, 6.45) is 4.94. The van der Waals surface area contributed by atoms with Crippen molar-refractivity contribution in [3.8, 4) is 0 Å². The van der Waals surface area contributed by atoms with Crippen LogP contribution >= 0.6 is 0 Å². The third-order valence-electron chi connectivity index (χ3n) is 7.41. The average Bonchev–Trinajstić information content (AvgIpc) is 3.34. The third-order valence-corrected chi connectivity index (χ3v) is 7.41. The second-order valence-electron chi connectivity index (χ2n) is 9.52. The van der Waals surface area contributed by atoms with Gasteiger partial charge in [0, 0.05) is 45.3 Å². The van der Waals surface area contributed by atoms with E-state index in [1.807, 2.05) is 15.5 Å². The van der Waals surface area contributed by atoms with Crippen LogP contribution in [0.1, 0.15) is 53.8 Å². The van der Waals surface area contributed by atoms with E-state index < -0.39 is 6.17 Å². The van der Waals surface area contributed by atoms with Crippen molar-refractivity contribution in [3.05, 3.63) is 53.6 Å². The summed E-state index contributed by atoms with van der Waals surface area (Å²) in [4.78, 5) is 22.0. The first kappa shape index (κ1) is 22.5. The van der Waals surface area contributed by atoms with Crippen molar-refractivity contribution in [2.75, 3.05) is 39.3 Å². The number of likely N-dealkylation sites (tertiary alicyclic amines) is 2. The molecule has 3 aliphatic rings. The van der Waals surface area contributed by atoms with E-state index in [1.54, 1.807) is 12.5 Å². The van der Waals surface area contributed by atoms with Crippen molar-refractivity contribution in [2.24, 2.45) is 0 Å². The van der Waals surface area contributed by atoms with Gasteiger partial charge in [0.1, 0.15) is 11.9 Å². The Morgan fingerprint density at radius 1 is 1.24 bits per heavy atom. The summed E-state index contributed by atoms with van der Waals surface area (Å²) in [5.41, 5.74) is 3.00. The van der Waals surface area contributed by atoms with Gasteiger partial charge in [-0.25, -0.2) is 9.37 Å². The first-order valence-corrected chi connectivity index (χ1v) is 12.2. The molecule has 5 rings (SSSR count). The molecule has 3 saturated heterocycles. The number of alkyl halides is 1. The van der Waals surface area contributed by atoms with Crippen LogP contribution in [0.3, 0.4) is 0 Å². The van der Waals surface area contributed by atoms with Crippen molar-refractivity contribution in [3.63, 3.8) is 0 Å². The molecule has 7 nitrogen and oxygen atoms in total. The van der Waals surface area contributed by atoms with Crippen LogP contribution in [-0.4, -0.2) is 82.9 Å². The SMILES string of the molecule is C[C@@H](c1ccccc1CN1CCC(F)CC1)n1cncc1C(=O)N1CC[C@H]2NCCO[C@@H]2C1. The van der Waals surface area contributed by atoms with Crippen LogP contribution in [0.5, 0.6) is 0 Å². The summed E-state index contributed by atoms with van der Waals surface area (Å²) >= 11 is 0. The minimum absolute atomic E-state index is 0.00877. The molecule has 2 aromatic rings. The van der Waals surface area contributed by atoms with Gasteiger partial charge in [0.15, 0.2) is 0 Å². The Labute approximate surface area is 194 Å². The van der Waals surface area contributed by atoms with Crippen molar-refractivity contribution in [2.45, 2.75) is 57.1 Å². The Morgan fingerprint density at radius 3 is 2.91 bits per heavy atom. The molecule has 1 aromatic carbocycles. The summed E-state index contributed by atoms with van der Waals surface area (Å²) in [7, 11) is 0. The summed E-state index contributed by atoms with van der Waals surface area (Å²) in [6.45, 7) is 7.38. The summed E-state index contributed by atoms with van der Waals surface area (Å²) in [6, 6.07) is 8.66. The molecule has 1 aromatic heterocycles. The molecule has 33 heavy (non-hydrogen) atoms. The Morgan fingerprint density at radius 2 is 2.06 bits per heavy atom. The molecule has 3 atom stereocenters. The predicted molar refractivity (Wildman–Crippen MR) is 124 cm³/mol. The molecule has 1 amide bonds. The second-order valence-corrected chi connectivity index (χ2v) is 9.52. The van der Waals surface area contributed by atoms with Crippen molar-refractivity contribution in [1.29, 1.82) is 0 Å². The lowest BCUT2D eigenvalue weighted by Gasteiger charge is -2.41. The summed E-state index contributed by atoms with van der Waals surface area (Å²) < 4.78 is 21.5. The molecular formula is C25H34FN5O2. The molecule has 0 saturated carbocycles. The number of carbonyl (C=O) groups excluding carboxylic acids is 1. The lowest BCUT2D eigenvalue weighted by atomic mass is 9.99. The van der Waals surface area contributed by atoms with E-state index in [2.05, 4.69) is 40.3 Å². The molecule has 3 fully saturated rings. The van der Waals surface area contributed by atoms with Gasteiger partial charge >= 0.3 is 0 Å². The van der Waals surface area contributed by atoms with Gasteiger partial charge in [-0.05, 0) is 37.3 Å². The molecule has 0 aliphatic carbocycles. The number of piperidine rings is 2. The zero-order valence-corrected chi connectivity index (χ0v) is 19.3. The van der Waals surface area contributed by atoms with Crippen molar-refractivity contribution >= 4 is 5.91 Å². The van der Waals surface area contributed by atoms with Crippen LogP contribution in [0.4, 0.5) is 4.39 Å². The van der Waals surface area contributed by atoms with E-state index in [0.29, 0.717) is 37.7 Å². The first-order valence-electron chi connectivity index (χ1n) is 12.2. The normalized spacial score (nSPS) is 25.6. The number of carbonyl (C=O) groups is 1. The minimum atomic E-state index is -0.671. The number of nitrogens with zero attached hydrogens (tertiary/aromatic N) is 4. The summed E-state index contributed by atoms with van der Waals surface area (Å²) in [5, 5.41) is 3.50. The Kier molecular flexibility index (Phi) is 6.76. The number of morpholine rings is 1. The quantitative estimate of drug-likeness (QED) is 0.751. The standard InChI is InChI=1S/C25H34FN5O2/c1-18(21-5-3-2-4-19(21)15-29-10-6-20(26)7-11-29)31-17-27-14-23(31)25(32)30-12-8-22-24(16-30)33-13-9-28-22/h2-5,14,17-18,20,22,24,28H,6-13,15-16H2,1H3/t18-,22+,24+/m0/s1. The third kappa shape index (κ3) is 4.83. The highest BCUT2D eigenvalue weighted by molar-refractivity contribution is 5.92. The highest BCUT2D eigenvalue weighted by Crippen LogP contribution is 2.27. The molecule has 0 radical (unpaired) electrons. The van der Waals surface area contributed by atoms with E-state index >= 15 is 0 Å². The number of rotatable bonds is 5. The second kappa shape index (κ2) is 9.91. The molecule has 3 aliphatic heterocycles. The number of hydrogen-bond acceptors (Lipinski definition) is 5. The molecule has 4 heterocycles. The largest absolute Gasteiger partial charge is 0.373 e. The topological polar surface area (TPSA) is 62.6 Å². The van der Waals surface area contributed by atoms with Gasteiger partial charge in [0.2, 0.25) is 0 Å². The fourth-order valence-electron chi connectivity index (χ4n) is 5.43. The smallest absolute Gasteiger partial charge is 0.272 e. The van der Waals surface area contributed by atoms with Gasteiger partial charge in [-0.2, -0.15) is 0 Å². The number of fused-ring (bicyclic) bond motifs is 1. The van der Waals surface area contributed by atoms with Gasteiger partial charge in [0.25, 0.3) is 5.91 Å². The highest BCUT2D eigenvalue weighted by atomic mass is 19.1. The van der Waals surface area contributed by atoms with E-state index in [1.165, 1.54) is 11.1 Å². The maximum absolute atomic E-state index is 13.6. The Bertz CT molecular complexity index is 958. The van der Waals surface area contributed by atoms with Gasteiger partial charge in [0.05, 0.1) is 31.3 Å². The number of aromatic nitrogens is 2. The number of halogens is 1. The van der Waals surface area contributed by atoms with Gasteiger partial charge in [-0.3, -0.25) is 9.69 Å². The van der Waals surface area contributed by atoms with E-state index in [4.69, 9.17) is 4.74 Å². The van der Waals surface area contributed by atoms with Crippen LogP contribution in [0, 0.1) is 0 Å². The van der Waals surface area contributed by atoms with Crippen LogP contribution in [0.25, 0.3) is 0 Å². The fraction of sp³-hybridized carbons (Fsp3) is 0.600. The zero-order valence-electron chi connectivity index (χ0n) is 19.3. The number of amides is 1. The summed E-state index contributed by atoms with van der Waals surface area (Å²) in [5.74, 6) is 0.00877. The maximum atomic E-state index is 13.6. The molecule has 8 heteroatoms. The first-order chi connectivity index (χ1) is 16.1. The van der Waals surface area contributed by atoms with Crippen molar-refractivity contribution < 1.29 is 13.9 Å². The fourth-order valence-corrected chi connectivity index (χ4v) is 5.43. The predicted octanol–water partition coefficient (Wildman–Crippen LogP) is 2.63. The molecule has 0 bridgehead atoms. The van der Waals surface area contributed by atoms with Gasteiger partial charge in [-0.1, -0.05) is 24.3 Å². The van der Waals surface area contributed by atoms with Gasteiger partial charge < -0.3 is 19.5 Å². The lowest BCUT2D eigenvalue weighted by molar-refractivity contribution is -0.0417. The molecule has 0 unspecified atom stereocenters. The number of ether oxygens (including phenoxy) is 1. The number of benzene rings is 1. The number of hydrogen-bond donors (Lipinski definition) is 1. The van der Waals surface area contributed by atoms with Crippen LogP contribution < -0.4 is 5.32 Å². The zero-order chi connectivity index (χ0) is 22.8. The number of imidazole rings is 1. The Hall–Kier alpha value is -2.29. The monoisotopic (exact) mass is 455 g/mol. The molecular weight excluding hydrogens is 421 g/mol. The number of nitrogens with one attached hydrogen (secondary N) is 1. The van der Waals surface area contributed by atoms with Crippen LogP contribution in [0.15, 0.2) is 36.8 Å². The van der Waals surface area contributed by atoms with Crippen LogP contribution in [0.2, 0.25) is 0 Å². The van der Waals surface area contributed by atoms with Gasteiger partial charge in [-0.15, -0.1) is 0 Å². The van der Waals surface area contributed by atoms with E-state index in [-0.39, 0.29) is 18.1 Å². The molecule has 178 valence electrons. The minimum Gasteiger partial charge on any atom is -0.373 e. The maximum Gasteiger partial charge on any atom is 0.272 e. The molecule has 1 N–H and O–H groups in total. The van der Waals surface area contributed by atoms with Crippen LogP contribution in [-0.2, 0) is 11.3 Å². The highest BCUT2D eigenvalue weighted by Gasteiger charge is 2.35. The van der Waals surface area contributed by atoms with E-state index in [0.717, 1.165) is 39.1 Å². The lowest BCUT2D eigenvalue weighted by Crippen LogP contribution is -2.58. The Balaban J connectivity index is 1.32. The molecule has 0 spiro atoms. The average molecular weight is 456 g/mol. The van der Waals surface area contributed by atoms with Crippen molar-refractivity contribution in [1.82, 2.24) is 24.7 Å². The van der Waals surface area contributed by atoms with E-state index in [9.17, 15) is 9.18 Å².